The predicted molar refractivity (Wildman–Crippen MR) is 532 cm³/mol. The summed E-state index contributed by atoms with van der Waals surface area (Å²) in [6.45, 7) is 12.4. The van der Waals surface area contributed by atoms with Gasteiger partial charge in [-0.15, -0.1) is 0 Å². The number of esters is 1. The first kappa shape index (κ1) is 101. The number of benzene rings is 7. The van der Waals surface area contributed by atoms with Crippen LogP contribution in [0, 0.1) is 5.92 Å². The van der Waals surface area contributed by atoms with Gasteiger partial charge < -0.3 is 84.0 Å². The number of ether oxygens (including phenoxy) is 10. The molecule has 0 saturated carbocycles. The molecule has 0 saturated heterocycles. The number of hydrogen-bond donors (Lipinski definition) is 12. The molecule has 0 aliphatic carbocycles. The number of aromatic nitrogens is 13. The summed E-state index contributed by atoms with van der Waals surface area (Å²) in [7, 11) is 8.78. The number of hydrogen-bond acceptors (Lipinski definition) is 29. The van der Waals surface area contributed by atoms with E-state index in [2.05, 4.69) is 87.2 Å². The third kappa shape index (κ3) is 24.3. The molecule has 2 unspecified atom stereocenters. The molecule has 730 valence electrons. The highest BCUT2D eigenvalue weighted by molar-refractivity contribution is 6.10. The second-order valence-corrected chi connectivity index (χ2v) is 32.0. The summed E-state index contributed by atoms with van der Waals surface area (Å²) in [5.74, 6) is 1.91. The SMILES string of the molecule is COC(=O)c1ccc2n[nH]c(/C=C/c3ccc4c(c3)OCO4)c2c1OC.COc1c(C(=O)NC(CO)C(C)C)ccc2n[nH]c(/C=C/c3ccc(C(C)=O)nc3)c12.COc1c(C(=O)NCC(C)O)ccc2n[nH]c(/C=C/c3ccc(C(C)=O)nc3)c12.COc1c(C(=O)NCCNC(C)=O)ccc2n[nH]c(/C=C/c3ccc(C(C)=O)nc3)c12.COc1c(C(=O)O)ccc2n[nH]c(/C=C/c3ccc4c(c3)OCO4)c12. The molecule has 7 aromatic carbocycles. The van der Waals surface area contributed by atoms with E-state index >= 15 is 0 Å². The summed E-state index contributed by atoms with van der Waals surface area (Å²) in [5.41, 5.74) is 13.7. The second-order valence-electron chi connectivity index (χ2n) is 32.0. The maximum Gasteiger partial charge on any atom is 0.341 e. The highest BCUT2D eigenvalue weighted by atomic mass is 16.7. The van der Waals surface area contributed by atoms with Crippen molar-refractivity contribution >= 4 is 168 Å². The van der Waals surface area contributed by atoms with Crippen LogP contribution in [0.1, 0.15) is 188 Å². The van der Waals surface area contributed by atoms with E-state index in [0.717, 1.165) is 45.0 Å². The smallest absolute Gasteiger partial charge is 0.341 e. The van der Waals surface area contributed by atoms with Crippen LogP contribution < -0.4 is 63.9 Å². The zero-order valence-corrected chi connectivity index (χ0v) is 79.4. The molecule has 10 heterocycles. The van der Waals surface area contributed by atoms with Crippen LogP contribution in [-0.4, -0.2) is 229 Å². The predicted octanol–water partition coefficient (Wildman–Crippen LogP) is 14.2. The van der Waals surface area contributed by atoms with E-state index in [1.165, 1.54) is 76.4 Å². The lowest BCUT2D eigenvalue weighted by atomic mass is 10.0. The molecule has 4 amide bonds. The maximum absolute atomic E-state index is 12.9. The molecule has 0 fully saturated rings. The average Bonchev–Trinajstić information content (AvgIpc) is 1.64. The van der Waals surface area contributed by atoms with Crippen LogP contribution in [0.2, 0.25) is 0 Å². The lowest BCUT2D eigenvalue weighted by Crippen LogP contribution is -2.41. The van der Waals surface area contributed by atoms with E-state index in [4.69, 9.17) is 47.4 Å². The van der Waals surface area contributed by atoms with Crippen molar-refractivity contribution in [3.8, 4) is 51.7 Å². The van der Waals surface area contributed by atoms with Crippen LogP contribution in [0.25, 0.3) is 115 Å². The van der Waals surface area contributed by atoms with Gasteiger partial charge in [0, 0.05) is 65.9 Å². The summed E-state index contributed by atoms with van der Waals surface area (Å²) < 4.78 is 53.6. The normalized spacial score (nSPS) is 12.2. The highest BCUT2D eigenvalue weighted by Gasteiger charge is 2.27. The van der Waals surface area contributed by atoms with Gasteiger partial charge in [0.05, 0.1) is 161 Å². The third-order valence-corrected chi connectivity index (χ3v) is 22.0. The summed E-state index contributed by atoms with van der Waals surface area (Å²) in [6.07, 6.45) is 22.6. The molecule has 12 N–H and O–H groups in total. The summed E-state index contributed by atoms with van der Waals surface area (Å²) in [5, 5.41) is 78.5. The Morgan fingerprint density at radius 1 is 0.380 bits per heavy atom. The van der Waals surface area contributed by atoms with Gasteiger partial charge in [-0.3, -0.25) is 74.0 Å². The first-order chi connectivity index (χ1) is 68.5. The van der Waals surface area contributed by atoms with Crippen LogP contribution in [0.5, 0.6) is 51.7 Å². The molecule has 0 bridgehead atoms. The van der Waals surface area contributed by atoms with Gasteiger partial charge >= 0.3 is 11.9 Å². The monoisotopic (exact) mass is 1930 g/mol. The molecule has 39 nitrogen and oxygen atoms in total. The number of aliphatic hydroxyl groups is 2. The Hall–Kier alpha value is -18.0. The van der Waals surface area contributed by atoms with Gasteiger partial charge in [-0.1, -0.05) is 74.6 Å². The lowest BCUT2D eigenvalue weighted by Gasteiger charge is -2.20. The number of carbonyl (C=O) groups excluding carboxylic acids is 8. The third-order valence-electron chi connectivity index (χ3n) is 22.0. The van der Waals surface area contributed by atoms with Crippen LogP contribution in [0.3, 0.4) is 0 Å². The lowest BCUT2D eigenvalue weighted by molar-refractivity contribution is -0.118. The zero-order chi connectivity index (χ0) is 101. The number of amides is 4. The number of fused-ring (bicyclic) bond motifs is 7. The van der Waals surface area contributed by atoms with Crippen molar-refractivity contribution in [3.63, 3.8) is 0 Å². The molecule has 142 heavy (non-hydrogen) atoms. The van der Waals surface area contributed by atoms with Gasteiger partial charge in [0.15, 0.2) is 40.3 Å². The molecule has 2 aliphatic heterocycles. The molecule has 39 heteroatoms. The number of H-pyrrole nitrogens is 5. The van der Waals surface area contributed by atoms with Gasteiger partial charge in [0.1, 0.15) is 57.0 Å². The van der Waals surface area contributed by atoms with E-state index in [1.807, 2.05) is 98.9 Å². The number of aromatic amines is 5. The molecular weight excluding hydrogens is 1830 g/mol. The Kier molecular flexibility index (Phi) is 33.7. The Morgan fingerprint density at radius 3 is 1.00 bits per heavy atom. The number of aliphatic hydroxyl groups excluding tert-OH is 2. The number of methoxy groups -OCH3 is 6. The number of Topliss-reactive ketones (excluding diaryl/α,β-unsaturated/α-hetero) is 3. The van der Waals surface area contributed by atoms with E-state index in [9.17, 15) is 58.5 Å². The van der Waals surface area contributed by atoms with Crippen molar-refractivity contribution < 1.29 is 106 Å². The Bertz CT molecular complexity index is 7370. The first-order valence-electron chi connectivity index (χ1n) is 44.1. The number of ketones is 3. The highest BCUT2D eigenvalue weighted by Crippen LogP contribution is 2.41. The minimum Gasteiger partial charge on any atom is -0.495 e. The average molecular weight is 1930 g/mol. The number of pyridine rings is 3. The molecule has 15 aromatic rings. The quantitative estimate of drug-likeness (QED) is 0.0109. The number of carbonyl (C=O) groups is 9. The number of aromatic carboxylic acids is 1. The number of nitrogens with one attached hydrogen (secondary N) is 9. The topological polar surface area (TPSA) is 537 Å². The summed E-state index contributed by atoms with van der Waals surface area (Å²) in [6, 6.07) is 38.0. The standard InChI is InChI=1S/C23H26N4O4.C22H23N5O4.C21H22N4O4.C19H16N2O5.C18H14N2O5/c1-13(2)20(12-28)25-23(30)16-7-10-19-21(22(16)31-4)18(26-27-19)9-6-15-5-8-17(14(3)29)24-11-15;1-13(28)17-7-4-15(12-25-17)5-8-18-20-19(27-26-18)9-6-16(21(20)31-3)22(30)24-11-10-23-14(2)29;1-12(26)10-23-21(28)15-6-9-18-19(20(15)29-3)17(24-25-18)8-5-14-4-7-16(13(2)27)22-11-14;1-23-18-12(19(22)24-2)5-7-14-17(18)13(20-21-14)6-3-11-4-8-15-16(9-11)26-10-25-15;1-23-17-11(18(21)22)4-6-13-16(17)12(19-20-13)5-2-10-3-7-14-15(8-10)25-9-24-14/h5-11,13,20,28H,12H2,1-4H3,(H,25,30)(H,26,27);4-9,12H,10-11H2,1-3H3,(H,23,29)(H,24,30)(H,26,27);4-9,11-12,26H,10H2,1-3H3,(H,23,28)(H,24,25);3-9H,10H2,1-2H3,(H,20,21);2-8H,9H2,1H3,(H,19,20)(H,21,22)/b9-6+;2*8-5+;6-3+;5-2+. The fourth-order valence-electron chi connectivity index (χ4n) is 14.7. The molecule has 2 aliphatic rings. The number of rotatable bonds is 31. The van der Waals surface area contributed by atoms with Crippen molar-refractivity contribution in [1.29, 1.82) is 0 Å². The van der Waals surface area contributed by atoms with Crippen LogP contribution in [-0.2, 0) is 9.53 Å². The van der Waals surface area contributed by atoms with Crippen LogP contribution in [0.4, 0.5) is 0 Å². The maximum atomic E-state index is 12.9. The zero-order valence-electron chi connectivity index (χ0n) is 79.4. The Labute approximate surface area is 811 Å². The van der Waals surface area contributed by atoms with Crippen LogP contribution in [0.15, 0.2) is 152 Å². The molecule has 17 rings (SSSR count). The molecule has 8 aromatic heterocycles. The van der Waals surface area contributed by atoms with Crippen molar-refractivity contribution in [2.75, 3.05) is 82.5 Å². The Morgan fingerprint density at radius 2 is 0.690 bits per heavy atom. The van der Waals surface area contributed by atoms with Crippen molar-refractivity contribution in [1.82, 2.24) is 87.2 Å². The summed E-state index contributed by atoms with van der Waals surface area (Å²) >= 11 is 0. The van der Waals surface area contributed by atoms with Gasteiger partial charge in [0.25, 0.3) is 17.7 Å². The molecule has 0 radical (unpaired) electrons. The fourth-order valence-corrected chi connectivity index (χ4v) is 14.7. The minimum atomic E-state index is -1.05. The van der Waals surface area contributed by atoms with Gasteiger partial charge in [-0.25, -0.2) is 9.59 Å². The van der Waals surface area contributed by atoms with E-state index in [1.54, 1.807) is 129 Å². The van der Waals surface area contributed by atoms with Crippen LogP contribution >= 0.6 is 0 Å². The van der Waals surface area contributed by atoms with E-state index < -0.39 is 18.0 Å². The molecular formula is C103H101N17O22. The van der Waals surface area contributed by atoms with Gasteiger partial charge in [-0.05, 0) is 174 Å². The first-order valence-corrected chi connectivity index (χ1v) is 44.1. The fraction of sp³-hybridized carbons (Fsp3) is 0.214. The Balaban J connectivity index is 0.000000149. The number of carboxylic acids is 1. The van der Waals surface area contributed by atoms with Crippen molar-refractivity contribution in [2.24, 2.45) is 5.92 Å². The van der Waals surface area contributed by atoms with Crippen molar-refractivity contribution in [3.05, 3.63) is 253 Å². The minimum absolute atomic E-state index is 0.0825. The molecule has 0 spiro atoms. The number of nitrogens with zero attached hydrogens (tertiary/aromatic N) is 8. The molecule has 2 atom stereocenters. The largest absolute Gasteiger partial charge is 0.495 e. The van der Waals surface area contributed by atoms with Gasteiger partial charge in [-0.2, -0.15) is 25.5 Å². The second kappa shape index (κ2) is 47.2. The number of carboxylic acid groups (broad SMARTS) is 1. The van der Waals surface area contributed by atoms with E-state index in [-0.39, 0.29) is 91.0 Å². The van der Waals surface area contributed by atoms with Crippen molar-refractivity contribution in [2.45, 2.75) is 60.6 Å². The summed E-state index contributed by atoms with van der Waals surface area (Å²) in [4.78, 5) is 119. The van der Waals surface area contributed by atoms with E-state index in [0.29, 0.717) is 164 Å². The van der Waals surface area contributed by atoms with Gasteiger partial charge in [0.2, 0.25) is 19.5 Å².